The first-order chi connectivity index (χ1) is 15.0. The molecule has 9 heteroatoms. The molecule has 1 aliphatic rings. The van der Waals surface area contributed by atoms with Crippen LogP contribution in [0.25, 0.3) is 10.2 Å². The summed E-state index contributed by atoms with van der Waals surface area (Å²) in [4.78, 5) is 22.1. The van der Waals surface area contributed by atoms with E-state index < -0.39 is 5.97 Å². The Morgan fingerprint density at radius 2 is 2.29 bits per heavy atom. The van der Waals surface area contributed by atoms with Gasteiger partial charge in [0, 0.05) is 34.8 Å². The van der Waals surface area contributed by atoms with Gasteiger partial charge in [-0.25, -0.2) is 9.97 Å². The third kappa shape index (κ3) is 4.32. The van der Waals surface area contributed by atoms with Crippen LogP contribution in [0.1, 0.15) is 42.2 Å². The van der Waals surface area contributed by atoms with E-state index in [1.165, 1.54) is 16.7 Å². The molecule has 8 nitrogen and oxygen atoms in total. The monoisotopic (exact) mass is 439 g/mol. The van der Waals surface area contributed by atoms with Crippen molar-refractivity contribution in [2.24, 2.45) is 5.92 Å². The molecule has 1 aromatic carbocycles. The first-order valence-electron chi connectivity index (χ1n) is 10.3. The van der Waals surface area contributed by atoms with Gasteiger partial charge in [0.15, 0.2) is 0 Å². The van der Waals surface area contributed by atoms with Crippen LogP contribution >= 0.6 is 11.3 Å². The Kier molecular flexibility index (Phi) is 6.03. The van der Waals surface area contributed by atoms with E-state index in [9.17, 15) is 4.79 Å². The van der Waals surface area contributed by atoms with Gasteiger partial charge in [-0.1, -0.05) is 0 Å². The van der Waals surface area contributed by atoms with Crippen molar-refractivity contribution in [2.75, 3.05) is 17.7 Å². The number of nitrogens with zero attached hydrogens (tertiary/aromatic N) is 2. The van der Waals surface area contributed by atoms with E-state index in [4.69, 9.17) is 21.0 Å². The second kappa shape index (κ2) is 8.89. The largest absolute Gasteiger partial charge is 0.492 e. The number of carboxylic acid groups (broad SMARTS) is 1. The van der Waals surface area contributed by atoms with Crippen LogP contribution in [-0.2, 0) is 17.6 Å². The topological polar surface area (TPSA) is 134 Å². The molecular weight excluding hydrogens is 414 g/mol. The zero-order valence-corrected chi connectivity index (χ0v) is 18.1. The smallest absolute Gasteiger partial charge is 0.303 e. The maximum absolute atomic E-state index is 10.9. The number of fused-ring (bicyclic) bond motifs is 3. The van der Waals surface area contributed by atoms with E-state index >= 15 is 0 Å². The lowest BCUT2D eigenvalue weighted by molar-refractivity contribution is -0.137. The maximum atomic E-state index is 10.9. The van der Waals surface area contributed by atoms with E-state index in [0.717, 1.165) is 29.5 Å². The summed E-state index contributed by atoms with van der Waals surface area (Å²) in [7, 11) is 0. The number of rotatable bonds is 8. The van der Waals surface area contributed by atoms with Crippen molar-refractivity contribution in [1.29, 1.82) is 5.41 Å². The lowest BCUT2D eigenvalue weighted by Crippen LogP contribution is -2.14. The third-order valence-corrected chi connectivity index (χ3v) is 6.77. The van der Waals surface area contributed by atoms with Gasteiger partial charge in [0.05, 0.1) is 17.7 Å². The van der Waals surface area contributed by atoms with Crippen molar-refractivity contribution in [1.82, 2.24) is 9.97 Å². The van der Waals surface area contributed by atoms with Crippen LogP contribution in [0.4, 0.5) is 17.2 Å². The molecule has 162 valence electrons. The number of benzene rings is 1. The zero-order valence-electron chi connectivity index (χ0n) is 17.3. The van der Waals surface area contributed by atoms with Crippen molar-refractivity contribution in [2.45, 2.75) is 39.0 Å². The Hall–Kier alpha value is -3.20. The van der Waals surface area contributed by atoms with Crippen molar-refractivity contribution in [3.8, 4) is 5.75 Å². The van der Waals surface area contributed by atoms with Gasteiger partial charge >= 0.3 is 5.97 Å². The maximum Gasteiger partial charge on any atom is 0.303 e. The van der Waals surface area contributed by atoms with E-state index in [1.54, 1.807) is 29.8 Å². The predicted molar refractivity (Wildman–Crippen MR) is 123 cm³/mol. The summed E-state index contributed by atoms with van der Waals surface area (Å²) in [5, 5.41) is 21.0. The number of ether oxygens (including phenoxy) is 1. The van der Waals surface area contributed by atoms with Crippen LogP contribution in [0.5, 0.6) is 5.75 Å². The highest BCUT2D eigenvalue weighted by atomic mass is 32.1. The van der Waals surface area contributed by atoms with Crippen LogP contribution in [-0.4, -0.2) is 33.9 Å². The highest BCUT2D eigenvalue weighted by Crippen LogP contribution is 2.42. The first-order valence-corrected chi connectivity index (χ1v) is 11.1. The lowest BCUT2D eigenvalue weighted by Gasteiger charge is -2.22. The minimum Gasteiger partial charge on any atom is -0.492 e. The molecule has 2 heterocycles. The van der Waals surface area contributed by atoms with Gasteiger partial charge in [-0.05, 0) is 50.2 Å². The number of hydrogen-bond donors (Lipinski definition) is 4. The number of nitrogen functional groups attached to an aromatic ring is 1. The molecule has 0 fully saturated rings. The number of hydrogen-bond acceptors (Lipinski definition) is 8. The summed E-state index contributed by atoms with van der Waals surface area (Å²) < 4.78 is 5.75. The fourth-order valence-electron chi connectivity index (χ4n) is 4.08. The number of carboxylic acids is 1. The van der Waals surface area contributed by atoms with E-state index in [-0.39, 0.29) is 6.42 Å². The van der Waals surface area contributed by atoms with Crippen LogP contribution < -0.4 is 15.8 Å². The normalized spacial score (nSPS) is 15.5. The minimum atomic E-state index is -0.739. The van der Waals surface area contributed by atoms with Crippen molar-refractivity contribution < 1.29 is 14.6 Å². The Bertz CT molecular complexity index is 1140. The molecule has 0 aliphatic heterocycles. The standard InChI is InChI=1S/C22H25N5O3S/c1-2-30-17-9-15(24)13(10-23)8-16(17)27-21-20-14-5-3-12(4-6-19(28)29)7-18(14)31-22(20)26-11-25-21/h8-12,23H,2-7,24H2,1H3,(H,28,29)(H,25,26,27). The Morgan fingerprint density at radius 1 is 1.45 bits per heavy atom. The van der Waals surface area contributed by atoms with Crippen LogP contribution in [0.15, 0.2) is 18.5 Å². The average molecular weight is 440 g/mol. The van der Waals surface area contributed by atoms with E-state index in [0.29, 0.717) is 47.5 Å². The molecule has 0 radical (unpaired) electrons. The summed E-state index contributed by atoms with van der Waals surface area (Å²) in [6, 6.07) is 3.52. The van der Waals surface area contributed by atoms with E-state index in [2.05, 4.69) is 15.3 Å². The quantitative estimate of drug-likeness (QED) is 0.302. The predicted octanol–water partition coefficient (Wildman–Crippen LogP) is 4.38. The van der Waals surface area contributed by atoms with Crippen molar-refractivity contribution in [3.05, 3.63) is 34.5 Å². The van der Waals surface area contributed by atoms with Gasteiger partial charge in [0.25, 0.3) is 0 Å². The minimum absolute atomic E-state index is 0.213. The highest BCUT2D eigenvalue weighted by Gasteiger charge is 2.26. The molecular formula is C22H25N5O3S. The van der Waals surface area contributed by atoms with Crippen LogP contribution in [0.2, 0.25) is 0 Å². The molecule has 1 atom stereocenters. The molecule has 4 rings (SSSR count). The third-order valence-electron chi connectivity index (χ3n) is 5.61. The fourth-order valence-corrected chi connectivity index (χ4v) is 5.39. The molecule has 0 spiro atoms. The van der Waals surface area contributed by atoms with Gasteiger partial charge in [-0.3, -0.25) is 4.79 Å². The number of thiophene rings is 1. The van der Waals surface area contributed by atoms with Gasteiger partial charge in [0.2, 0.25) is 0 Å². The molecule has 1 unspecified atom stereocenters. The number of aromatic nitrogens is 2. The average Bonchev–Trinajstić information content (AvgIpc) is 3.12. The molecule has 31 heavy (non-hydrogen) atoms. The summed E-state index contributed by atoms with van der Waals surface area (Å²) in [6.45, 7) is 2.40. The molecule has 0 amide bonds. The summed E-state index contributed by atoms with van der Waals surface area (Å²) in [5.74, 6) is 0.957. The fraction of sp³-hybridized carbons (Fsp3) is 0.364. The second-order valence-corrected chi connectivity index (χ2v) is 8.71. The SMILES string of the molecule is CCOc1cc(N)c(C=N)cc1Nc1ncnc2sc3c(c12)CCC(CCC(=O)O)C3. The number of nitrogens with one attached hydrogen (secondary N) is 2. The molecule has 0 bridgehead atoms. The number of aryl methyl sites for hydroxylation is 1. The Labute approximate surface area is 184 Å². The molecule has 2 aromatic heterocycles. The highest BCUT2D eigenvalue weighted by molar-refractivity contribution is 7.19. The Morgan fingerprint density at radius 3 is 3.03 bits per heavy atom. The van der Waals surface area contributed by atoms with Crippen LogP contribution in [0, 0.1) is 11.3 Å². The van der Waals surface area contributed by atoms with Crippen LogP contribution in [0.3, 0.4) is 0 Å². The lowest BCUT2D eigenvalue weighted by atomic mass is 9.85. The zero-order chi connectivity index (χ0) is 22.0. The van der Waals surface area contributed by atoms with Crippen molar-refractivity contribution >= 4 is 50.9 Å². The summed E-state index contributed by atoms with van der Waals surface area (Å²) >= 11 is 1.66. The summed E-state index contributed by atoms with van der Waals surface area (Å²) in [5.41, 5.74) is 9.06. The van der Waals surface area contributed by atoms with Gasteiger partial charge < -0.3 is 26.3 Å². The van der Waals surface area contributed by atoms with E-state index in [1.807, 2.05) is 6.92 Å². The number of aliphatic carboxylic acids is 1. The van der Waals surface area contributed by atoms with Gasteiger partial charge in [0.1, 0.15) is 22.7 Å². The second-order valence-electron chi connectivity index (χ2n) is 7.63. The summed E-state index contributed by atoms with van der Waals surface area (Å²) in [6.07, 6.45) is 6.41. The number of nitrogens with two attached hydrogens (primary N) is 1. The van der Waals surface area contributed by atoms with Gasteiger partial charge in [-0.2, -0.15) is 0 Å². The molecule has 5 N–H and O–H groups in total. The van der Waals surface area contributed by atoms with Crippen molar-refractivity contribution in [3.63, 3.8) is 0 Å². The molecule has 3 aromatic rings. The molecule has 0 saturated heterocycles. The number of anilines is 3. The first kappa shape index (κ1) is 21.0. The molecule has 0 saturated carbocycles. The van der Waals surface area contributed by atoms with Gasteiger partial charge in [-0.15, -0.1) is 11.3 Å². The number of carbonyl (C=O) groups is 1. The Balaban J connectivity index is 1.69. The molecule has 1 aliphatic carbocycles.